The number of aliphatic hydroxyl groups is 1. The van der Waals surface area contributed by atoms with E-state index in [-0.39, 0.29) is 18.5 Å². The molecule has 0 aromatic rings. The molecule has 17 heavy (non-hydrogen) atoms. The highest BCUT2D eigenvalue weighted by Gasteiger charge is 2.39. The first-order valence-electron chi connectivity index (χ1n) is 6.44. The van der Waals surface area contributed by atoms with Crippen molar-refractivity contribution in [1.29, 1.82) is 0 Å². The van der Waals surface area contributed by atoms with Crippen molar-refractivity contribution >= 4 is 0 Å². The molecule has 2 nitrogen and oxygen atoms in total. The average molecular weight is 251 g/mol. The third kappa shape index (κ3) is 4.14. The van der Waals surface area contributed by atoms with E-state index in [9.17, 15) is 18.3 Å². The first-order valence-corrected chi connectivity index (χ1v) is 6.44. The quantitative estimate of drug-likeness (QED) is 0.811. The van der Waals surface area contributed by atoms with Crippen LogP contribution in [0.1, 0.15) is 38.5 Å². The summed E-state index contributed by atoms with van der Waals surface area (Å²) in [6, 6.07) is 0.0488. The lowest BCUT2D eigenvalue weighted by Crippen LogP contribution is -2.42. The standard InChI is InChI=1S/C12H20F3NO/c13-12(14,15)8-16(10-5-6-10)7-11(17)9-3-1-2-4-9/h9-11,17H,1-8H2. The summed E-state index contributed by atoms with van der Waals surface area (Å²) in [7, 11) is 0. The maximum atomic E-state index is 12.4. The van der Waals surface area contributed by atoms with E-state index in [2.05, 4.69) is 0 Å². The third-order valence-electron chi connectivity index (χ3n) is 3.81. The Hall–Kier alpha value is -0.290. The first-order chi connectivity index (χ1) is 7.96. The van der Waals surface area contributed by atoms with E-state index in [1.807, 2.05) is 0 Å². The Morgan fingerprint density at radius 1 is 1.12 bits per heavy atom. The van der Waals surface area contributed by atoms with E-state index in [1.54, 1.807) is 0 Å². The molecule has 2 aliphatic carbocycles. The van der Waals surface area contributed by atoms with E-state index < -0.39 is 18.8 Å². The zero-order valence-electron chi connectivity index (χ0n) is 9.92. The van der Waals surface area contributed by atoms with Crippen molar-refractivity contribution in [3.05, 3.63) is 0 Å². The van der Waals surface area contributed by atoms with Crippen molar-refractivity contribution in [3.8, 4) is 0 Å². The molecule has 0 saturated heterocycles. The lowest BCUT2D eigenvalue weighted by Gasteiger charge is -2.28. The second-order valence-electron chi connectivity index (χ2n) is 5.39. The van der Waals surface area contributed by atoms with Gasteiger partial charge < -0.3 is 5.11 Å². The summed E-state index contributed by atoms with van der Waals surface area (Å²) in [5, 5.41) is 9.98. The van der Waals surface area contributed by atoms with Gasteiger partial charge in [0.25, 0.3) is 0 Å². The van der Waals surface area contributed by atoms with Gasteiger partial charge in [0.15, 0.2) is 0 Å². The fraction of sp³-hybridized carbons (Fsp3) is 1.00. The van der Waals surface area contributed by atoms with Gasteiger partial charge in [-0.05, 0) is 31.6 Å². The predicted molar refractivity (Wildman–Crippen MR) is 58.6 cm³/mol. The van der Waals surface area contributed by atoms with Gasteiger partial charge in [-0.25, -0.2) is 0 Å². The van der Waals surface area contributed by atoms with Crippen molar-refractivity contribution in [2.75, 3.05) is 13.1 Å². The van der Waals surface area contributed by atoms with E-state index in [0.717, 1.165) is 38.5 Å². The molecule has 1 atom stereocenters. The second kappa shape index (κ2) is 5.14. The molecule has 2 aliphatic rings. The van der Waals surface area contributed by atoms with Crippen LogP contribution in [-0.2, 0) is 0 Å². The Kier molecular flexibility index (Phi) is 3.98. The zero-order valence-corrected chi connectivity index (χ0v) is 9.92. The highest BCUT2D eigenvalue weighted by molar-refractivity contribution is 4.88. The molecular weight excluding hydrogens is 231 g/mol. The third-order valence-corrected chi connectivity index (χ3v) is 3.81. The van der Waals surface area contributed by atoms with E-state index in [0.29, 0.717) is 0 Å². The molecular formula is C12H20F3NO. The van der Waals surface area contributed by atoms with Crippen LogP contribution < -0.4 is 0 Å². The number of alkyl halides is 3. The van der Waals surface area contributed by atoms with Gasteiger partial charge >= 0.3 is 6.18 Å². The topological polar surface area (TPSA) is 23.5 Å². The summed E-state index contributed by atoms with van der Waals surface area (Å²) in [5.74, 6) is 0.212. The van der Waals surface area contributed by atoms with Gasteiger partial charge in [-0.3, -0.25) is 4.90 Å². The number of aliphatic hydroxyl groups excluding tert-OH is 1. The van der Waals surface area contributed by atoms with Gasteiger partial charge in [0.2, 0.25) is 0 Å². The van der Waals surface area contributed by atoms with E-state index in [4.69, 9.17) is 0 Å². The maximum absolute atomic E-state index is 12.4. The molecule has 2 fully saturated rings. The smallest absolute Gasteiger partial charge is 0.392 e. The van der Waals surface area contributed by atoms with Crippen molar-refractivity contribution in [2.45, 2.75) is 56.8 Å². The zero-order chi connectivity index (χ0) is 12.5. The predicted octanol–water partition coefficient (Wildman–Crippen LogP) is 2.56. The van der Waals surface area contributed by atoms with Crippen molar-refractivity contribution in [2.24, 2.45) is 5.92 Å². The lowest BCUT2D eigenvalue weighted by molar-refractivity contribution is -0.150. The summed E-state index contributed by atoms with van der Waals surface area (Å²) >= 11 is 0. The van der Waals surface area contributed by atoms with Gasteiger partial charge in [-0.1, -0.05) is 12.8 Å². The molecule has 100 valence electrons. The molecule has 0 heterocycles. The molecule has 0 aromatic carbocycles. The van der Waals surface area contributed by atoms with Crippen molar-refractivity contribution in [3.63, 3.8) is 0 Å². The Balaban J connectivity index is 1.84. The summed E-state index contributed by atoms with van der Waals surface area (Å²) in [5.41, 5.74) is 0. The Morgan fingerprint density at radius 2 is 1.71 bits per heavy atom. The summed E-state index contributed by atoms with van der Waals surface area (Å²) in [4.78, 5) is 1.42. The van der Waals surface area contributed by atoms with Gasteiger partial charge in [0.1, 0.15) is 0 Å². The average Bonchev–Trinajstić information content (AvgIpc) is 2.90. The molecule has 0 amide bonds. The minimum Gasteiger partial charge on any atom is -0.392 e. The monoisotopic (exact) mass is 251 g/mol. The van der Waals surface area contributed by atoms with Crippen LogP contribution >= 0.6 is 0 Å². The Labute approximate surface area is 99.8 Å². The van der Waals surface area contributed by atoms with Crippen LogP contribution in [0, 0.1) is 5.92 Å². The van der Waals surface area contributed by atoms with Crippen LogP contribution in [0.4, 0.5) is 13.2 Å². The van der Waals surface area contributed by atoms with Gasteiger partial charge in [0, 0.05) is 12.6 Å². The van der Waals surface area contributed by atoms with Gasteiger partial charge in [0.05, 0.1) is 12.6 Å². The molecule has 2 saturated carbocycles. The fourth-order valence-electron chi connectivity index (χ4n) is 2.74. The molecule has 0 aromatic heterocycles. The minimum atomic E-state index is -4.15. The van der Waals surface area contributed by atoms with Crippen LogP contribution in [-0.4, -0.2) is 41.4 Å². The SMILES string of the molecule is OC(CN(CC(F)(F)F)C1CC1)C1CCCC1. The molecule has 0 bridgehead atoms. The Morgan fingerprint density at radius 3 is 2.18 bits per heavy atom. The molecule has 0 spiro atoms. The lowest BCUT2D eigenvalue weighted by atomic mass is 10.0. The number of rotatable bonds is 5. The molecule has 2 rings (SSSR count). The molecule has 0 radical (unpaired) electrons. The normalized spacial score (nSPS) is 24.5. The van der Waals surface area contributed by atoms with Crippen molar-refractivity contribution in [1.82, 2.24) is 4.90 Å². The van der Waals surface area contributed by atoms with E-state index in [1.165, 1.54) is 4.90 Å². The number of halogens is 3. The van der Waals surface area contributed by atoms with Crippen LogP contribution in [0.15, 0.2) is 0 Å². The Bertz CT molecular complexity index is 247. The fourth-order valence-corrected chi connectivity index (χ4v) is 2.74. The van der Waals surface area contributed by atoms with Crippen molar-refractivity contribution < 1.29 is 18.3 Å². The number of nitrogens with zero attached hydrogens (tertiary/aromatic N) is 1. The highest BCUT2D eigenvalue weighted by Crippen LogP contribution is 2.33. The number of hydrogen-bond acceptors (Lipinski definition) is 2. The van der Waals surface area contributed by atoms with Crippen LogP contribution in [0.2, 0.25) is 0 Å². The molecule has 1 unspecified atom stereocenters. The molecule has 1 N–H and O–H groups in total. The van der Waals surface area contributed by atoms with Crippen LogP contribution in [0.5, 0.6) is 0 Å². The van der Waals surface area contributed by atoms with Gasteiger partial charge in [-0.15, -0.1) is 0 Å². The summed E-state index contributed by atoms with van der Waals surface area (Å²) in [6.07, 6.45) is 1.07. The van der Waals surface area contributed by atoms with E-state index >= 15 is 0 Å². The number of hydrogen-bond donors (Lipinski definition) is 1. The van der Waals surface area contributed by atoms with Crippen LogP contribution in [0.25, 0.3) is 0 Å². The minimum absolute atomic E-state index is 0.0488. The van der Waals surface area contributed by atoms with Gasteiger partial charge in [-0.2, -0.15) is 13.2 Å². The highest BCUT2D eigenvalue weighted by atomic mass is 19.4. The largest absolute Gasteiger partial charge is 0.401 e. The molecule has 0 aliphatic heterocycles. The first kappa shape index (κ1) is 13.1. The summed E-state index contributed by atoms with van der Waals surface area (Å²) in [6.45, 7) is -0.684. The second-order valence-corrected chi connectivity index (χ2v) is 5.39. The maximum Gasteiger partial charge on any atom is 0.401 e. The summed E-state index contributed by atoms with van der Waals surface area (Å²) < 4.78 is 37.2. The van der Waals surface area contributed by atoms with Crippen LogP contribution in [0.3, 0.4) is 0 Å². The molecule has 5 heteroatoms.